The molecule has 0 amide bonds. The SMILES string of the molecule is COCO[C@@H]1CC2CC(c3ccc(Cl)c(Cl)c3)=C(C(=O)OC)C1N2C. The quantitative estimate of drug-likeness (QED) is 0.574. The van der Waals surface area contributed by atoms with Crippen molar-refractivity contribution in [1.29, 1.82) is 0 Å². The van der Waals surface area contributed by atoms with E-state index in [2.05, 4.69) is 4.90 Å². The van der Waals surface area contributed by atoms with Gasteiger partial charge in [0.2, 0.25) is 0 Å². The van der Waals surface area contributed by atoms with Crippen molar-refractivity contribution in [3.8, 4) is 0 Å². The number of carbonyl (C=O) groups is 1. The highest BCUT2D eigenvalue weighted by molar-refractivity contribution is 6.42. The second-order valence-corrected chi connectivity index (χ2v) is 7.14. The van der Waals surface area contributed by atoms with Gasteiger partial charge >= 0.3 is 5.97 Å². The third-order valence-electron chi connectivity index (χ3n) is 5.01. The minimum atomic E-state index is -0.343. The maximum absolute atomic E-state index is 12.6. The number of esters is 1. The van der Waals surface area contributed by atoms with Crippen LogP contribution in [0.25, 0.3) is 5.57 Å². The number of hydrogen-bond acceptors (Lipinski definition) is 5. The summed E-state index contributed by atoms with van der Waals surface area (Å²) < 4.78 is 16.0. The summed E-state index contributed by atoms with van der Waals surface area (Å²) in [6.07, 6.45) is 1.43. The molecule has 0 aromatic heterocycles. The maximum atomic E-state index is 12.6. The van der Waals surface area contributed by atoms with Gasteiger partial charge in [-0.15, -0.1) is 0 Å². The van der Waals surface area contributed by atoms with E-state index in [4.69, 9.17) is 37.4 Å². The van der Waals surface area contributed by atoms with Crippen LogP contribution in [0.1, 0.15) is 18.4 Å². The lowest BCUT2D eigenvalue weighted by atomic mass is 9.88. The maximum Gasteiger partial charge on any atom is 0.335 e. The summed E-state index contributed by atoms with van der Waals surface area (Å²) in [6.45, 7) is 0.193. The number of methoxy groups -OCH3 is 2. The Labute approximate surface area is 157 Å². The summed E-state index contributed by atoms with van der Waals surface area (Å²) in [4.78, 5) is 14.8. The van der Waals surface area contributed by atoms with E-state index < -0.39 is 0 Å². The fourth-order valence-electron chi connectivity index (χ4n) is 3.82. The first kappa shape index (κ1) is 18.7. The highest BCUT2D eigenvalue weighted by Crippen LogP contribution is 2.44. The topological polar surface area (TPSA) is 48.0 Å². The lowest BCUT2D eigenvalue weighted by molar-refractivity contribution is -0.138. The van der Waals surface area contributed by atoms with Crippen LogP contribution in [0.3, 0.4) is 0 Å². The molecule has 1 saturated heterocycles. The zero-order valence-electron chi connectivity index (χ0n) is 14.4. The van der Waals surface area contributed by atoms with Gasteiger partial charge in [-0.05, 0) is 43.2 Å². The zero-order chi connectivity index (χ0) is 18.1. The number of nitrogens with zero attached hydrogens (tertiary/aromatic N) is 1. The number of fused-ring (bicyclic) bond motifs is 2. The molecule has 1 aromatic carbocycles. The predicted molar refractivity (Wildman–Crippen MR) is 96.7 cm³/mol. The van der Waals surface area contributed by atoms with Crippen LogP contribution >= 0.6 is 23.2 Å². The summed E-state index contributed by atoms with van der Waals surface area (Å²) in [6, 6.07) is 5.55. The van der Waals surface area contributed by atoms with Crippen molar-refractivity contribution < 1.29 is 19.0 Å². The molecule has 3 atom stereocenters. The summed E-state index contributed by atoms with van der Waals surface area (Å²) in [5.74, 6) is -0.343. The molecule has 2 unspecified atom stereocenters. The molecule has 25 heavy (non-hydrogen) atoms. The van der Waals surface area contributed by atoms with E-state index in [1.54, 1.807) is 19.2 Å². The average molecular weight is 386 g/mol. The van der Waals surface area contributed by atoms with Crippen LogP contribution in [0.15, 0.2) is 23.8 Å². The molecule has 136 valence electrons. The third-order valence-corrected chi connectivity index (χ3v) is 5.74. The second kappa shape index (κ2) is 7.64. The first-order chi connectivity index (χ1) is 12.0. The van der Waals surface area contributed by atoms with Crippen LogP contribution < -0.4 is 0 Å². The number of carbonyl (C=O) groups excluding carboxylic acids is 1. The molecule has 2 bridgehead atoms. The summed E-state index contributed by atoms with van der Waals surface area (Å²) >= 11 is 12.2. The fourth-order valence-corrected chi connectivity index (χ4v) is 4.12. The predicted octanol–water partition coefficient (Wildman–Crippen LogP) is 3.39. The van der Waals surface area contributed by atoms with Crippen LogP contribution in [-0.2, 0) is 19.0 Å². The highest BCUT2D eigenvalue weighted by atomic mass is 35.5. The molecule has 0 radical (unpaired) electrons. The van der Waals surface area contributed by atoms with Gasteiger partial charge in [0.15, 0.2) is 0 Å². The number of benzene rings is 1. The van der Waals surface area contributed by atoms with Crippen molar-refractivity contribution in [2.24, 2.45) is 0 Å². The first-order valence-electron chi connectivity index (χ1n) is 8.07. The lowest BCUT2D eigenvalue weighted by Crippen LogP contribution is -2.44. The van der Waals surface area contributed by atoms with E-state index in [1.807, 2.05) is 13.1 Å². The number of ether oxygens (including phenoxy) is 3. The number of likely N-dealkylation sites (N-methyl/N-ethyl adjacent to an activating group) is 1. The molecule has 1 fully saturated rings. The van der Waals surface area contributed by atoms with Gasteiger partial charge < -0.3 is 14.2 Å². The Morgan fingerprint density at radius 3 is 2.68 bits per heavy atom. The Bertz CT molecular complexity index is 706. The normalized spacial score (nSPS) is 26.2. The highest BCUT2D eigenvalue weighted by Gasteiger charge is 2.49. The Morgan fingerprint density at radius 2 is 2.04 bits per heavy atom. The van der Waals surface area contributed by atoms with Crippen molar-refractivity contribution in [2.45, 2.75) is 31.0 Å². The van der Waals surface area contributed by atoms with E-state index in [1.165, 1.54) is 7.11 Å². The monoisotopic (exact) mass is 385 g/mol. The van der Waals surface area contributed by atoms with Gasteiger partial charge in [-0.2, -0.15) is 0 Å². The zero-order valence-corrected chi connectivity index (χ0v) is 15.9. The van der Waals surface area contributed by atoms with E-state index >= 15 is 0 Å². The number of rotatable bonds is 5. The van der Waals surface area contributed by atoms with Crippen molar-refractivity contribution in [3.05, 3.63) is 39.4 Å². The molecule has 0 spiro atoms. The average Bonchev–Trinajstić information content (AvgIpc) is 2.80. The van der Waals surface area contributed by atoms with E-state index in [-0.39, 0.29) is 30.9 Å². The Morgan fingerprint density at radius 1 is 1.28 bits per heavy atom. The van der Waals surface area contributed by atoms with Gasteiger partial charge in [-0.1, -0.05) is 29.3 Å². The van der Waals surface area contributed by atoms with Gasteiger partial charge in [0.25, 0.3) is 0 Å². The van der Waals surface area contributed by atoms with Crippen LogP contribution in [0, 0.1) is 0 Å². The Balaban J connectivity index is 2.07. The molecule has 2 aliphatic rings. The van der Waals surface area contributed by atoms with Gasteiger partial charge in [0, 0.05) is 13.2 Å². The number of halogens is 2. The molecular weight excluding hydrogens is 365 g/mol. The molecule has 7 heteroatoms. The molecule has 0 N–H and O–H groups in total. The molecule has 2 aliphatic heterocycles. The number of hydrogen-bond donors (Lipinski definition) is 0. The standard InChI is InChI=1S/C18H21Cl2NO4/c1-21-11-7-12(10-4-5-13(19)14(20)6-10)16(18(22)24-3)17(21)15(8-11)25-9-23-2/h4-6,11,15,17H,7-9H2,1-3H3/t11?,15-,17?/m1/s1. The second-order valence-electron chi connectivity index (χ2n) is 6.33. The van der Waals surface area contributed by atoms with Crippen molar-refractivity contribution in [3.63, 3.8) is 0 Å². The van der Waals surface area contributed by atoms with E-state index in [0.717, 1.165) is 24.0 Å². The van der Waals surface area contributed by atoms with Crippen LogP contribution in [0.4, 0.5) is 0 Å². The smallest absolute Gasteiger partial charge is 0.335 e. The summed E-state index contributed by atoms with van der Waals surface area (Å²) in [5.41, 5.74) is 2.46. The fraction of sp³-hybridized carbons (Fsp3) is 0.500. The Hall–Kier alpha value is -1.11. The largest absolute Gasteiger partial charge is 0.466 e. The minimum absolute atomic E-state index is 0.121. The minimum Gasteiger partial charge on any atom is -0.466 e. The molecule has 0 saturated carbocycles. The van der Waals surface area contributed by atoms with E-state index in [9.17, 15) is 4.79 Å². The molecule has 2 heterocycles. The van der Waals surface area contributed by atoms with E-state index in [0.29, 0.717) is 15.6 Å². The lowest BCUT2D eigenvalue weighted by Gasteiger charge is -2.35. The molecule has 5 nitrogen and oxygen atoms in total. The van der Waals surface area contributed by atoms with Crippen molar-refractivity contribution >= 4 is 34.7 Å². The van der Waals surface area contributed by atoms with Crippen molar-refractivity contribution in [2.75, 3.05) is 28.1 Å². The molecule has 1 aromatic rings. The van der Waals surface area contributed by atoms with Crippen LogP contribution in [0.2, 0.25) is 10.0 Å². The summed E-state index contributed by atoms with van der Waals surface area (Å²) in [7, 11) is 5.00. The van der Waals surface area contributed by atoms with Crippen LogP contribution in [0.5, 0.6) is 0 Å². The van der Waals surface area contributed by atoms with Gasteiger partial charge in [-0.3, -0.25) is 4.90 Å². The third kappa shape index (κ3) is 3.44. The summed E-state index contributed by atoms with van der Waals surface area (Å²) in [5, 5.41) is 0.956. The van der Waals surface area contributed by atoms with Crippen LogP contribution in [-0.4, -0.2) is 57.1 Å². The van der Waals surface area contributed by atoms with Gasteiger partial charge in [0.1, 0.15) is 6.79 Å². The molecule has 3 rings (SSSR count). The Kier molecular flexibility index (Phi) is 5.71. The molecule has 0 aliphatic carbocycles. The van der Waals surface area contributed by atoms with Gasteiger partial charge in [0.05, 0.1) is 34.9 Å². The van der Waals surface area contributed by atoms with Gasteiger partial charge in [-0.25, -0.2) is 4.79 Å². The molecular formula is C18H21Cl2NO4. The first-order valence-corrected chi connectivity index (χ1v) is 8.82. The van der Waals surface area contributed by atoms with Crippen molar-refractivity contribution in [1.82, 2.24) is 4.90 Å².